The van der Waals surface area contributed by atoms with Crippen LogP contribution in [0.3, 0.4) is 0 Å². The van der Waals surface area contributed by atoms with E-state index in [9.17, 15) is 12.3 Å². The number of hydrogen-bond acceptors (Lipinski definition) is 3. The quantitative estimate of drug-likeness (QED) is 0.380. The van der Waals surface area contributed by atoms with Gasteiger partial charge in [0.15, 0.2) is 0 Å². The second-order valence-corrected chi connectivity index (χ2v) is 10.1. The number of amides is 2. The van der Waals surface area contributed by atoms with E-state index >= 15 is 0 Å². The fourth-order valence-corrected chi connectivity index (χ4v) is 5.81. The van der Waals surface area contributed by atoms with Gasteiger partial charge in [-0.15, -0.1) is 0 Å². The van der Waals surface area contributed by atoms with Crippen molar-refractivity contribution < 1.29 is 15.1 Å². The van der Waals surface area contributed by atoms with E-state index in [1.165, 1.54) is 4.90 Å². The topological polar surface area (TPSA) is 52.7 Å². The summed E-state index contributed by atoms with van der Waals surface area (Å²) in [6, 6.07) is 22.7. The summed E-state index contributed by atoms with van der Waals surface area (Å²) in [5, 5.41) is 4.02. The van der Waals surface area contributed by atoms with Gasteiger partial charge in [-0.2, -0.15) is 0 Å². The van der Waals surface area contributed by atoms with Gasteiger partial charge in [-0.3, -0.25) is 19.4 Å². The van der Waals surface area contributed by atoms with Crippen molar-refractivity contribution >= 4 is 28.3 Å². The van der Waals surface area contributed by atoms with Gasteiger partial charge in [-0.25, -0.2) is 0 Å². The molecule has 7 rings (SSSR count). The lowest BCUT2D eigenvalue weighted by atomic mass is 9.95. The van der Waals surface area contributed by atoms with E-state index in [0.29, 0.717) is 70.3 Å². The molecular formula is C33H29N3O2. The first kappa shape index (κ1) is 18.9. The molecule has 3 aliphatic heterocycles. The molecule has 0 saturated carbocycles. The average Bonchev–Trinajstić information content (AvgIpc) is 3.54. The zero-order valence-corrected chi connectivity index (χ0v) is 20.8. The average molecular weight is 504 g/mol. The minimum Gasteiger partial charge on any atom is -0.329 e. The molecule has 1 atom stereocenters. The highest BCUT2D eigenvalue weighted by atomic mass is 16.2. The van der Waals surface area contributed by atoms with Crippen LogP contribution in [0.4, 0.5) is 5.69 Å². The number of rotatable bonds is 5. The normalized spacial score (nSPS) is 21.1. The summed E-state index contributed by atoms with van der Waals surface area (Å²) in [6.45, 7) is 3.14. The van der Waals surface area contributed by atoms with E-state index in [0.717, 1.165) is 11.1 Å². The third-order valence-electron chi connectivity index (χ3n) is 7.65. The molecule has 2 amide bonds. The summed E-state index contributed by atoms with van der Waals surface area (Å²) in [5.41, 5.74) is 5.19. The number of benzene rings is 4. The van der Waals surface area contributed by atoms with Crippen LogP contribution in [-0.2, 0) is 30.8 Å². The molecule has 0 aromatic heterocycles. The first-order valence-corrected chi connectivity index (χ1v) is 12.9. The Morgan fingerprint density at radius 1 is 0.895 bits per heavy atom. The molecule has 1 unspecified atom stereocenters. The lowest BCUT2D eigenvalue weighted by Gasteiger charge is -2.31. The van der Waals surface area contributed by atoms with Crippen LogP contribution >= 0.6 is 0 Å². The third kappa shape index (κ3) is 3.82. The van der Waals surface area contributed by atoms with Gasteiger partial charge in [0.25, 0.3) is 5.91 Å². The maximum atomic E-state index is 13.5. The largest absolute Gasteiger partial charge is 0.329 e. The standard InChI is InChI=1S/C33H29N3O2/c1-21-9-15-30(32(37)34-21)36-29-16-14-24(27-7-4-8-28(31(27)29)33(36)38)17-22-10-12-23(13-11-22)18-35-19-25-5-2-3-6-26(25)20-35/h2-8,10-14,16,30H,1,9,15,17-20H2,(H,34,37)/i17D2,18D2. The number of piperidine rings is 1. The van der Waals surface area contributed by atoms with Gasteiger partial charge < -0.3 is 5.32 Å². The molecule has 4 aromatic carbocycles. The Balaban J connectivity index is 1.22. The fraction of sp³-hybridized carbons (Fsp3) is 0.212. The van der Waals surface area contributed by atoms with Crippen LogP contribution in [0, 0.1) is 0 Å². The number of carbonyl (C=O) groups excluding carboxylic acids is 2. The van der Waals surface area contributed by atoms with Crippen molar-refractivity contribution in [1.82, 2.24) is 10.2 Å². The monoisotopic (exact) mass is 503 g/mol. The van der Waals surface area contributed by atoms with Crippen molar-refractivity contribution in [1.29, 1.82) is 0 Å². The Morgan fingerprint density at radius 2 is 1.63 bits per heavy atom. The number of anilines is 1. The summed E-state index contributed by atoms with van der Waals surface area (Å²) in [6.07, 6.45) is -0.876. The van der Waals surface area contributed by atoms with Crippen molar-refractivity contribution in [2.45, 2.75) is 44.8 Å². The Hall–Kier alpha value is -4.22. The molecule has 1 N–H and O–H groups in total. The summed E-state index contributed by atoms with van der Waals surface area (Å²) >= 11 is 0. The highest BCUT2D eigenvalue weighted by Gasteiger charge is 2.40. The molecule has 0 spiro atoms. The van der Waals surface area contributed by atoms with Gasteiger partial charge in [0.2, 0.25) is 5.91 Å². The van der Waals surface area contributed by atoms with Crippen molar-refractivity contribution in [3.8, 4) is 0 Å². The van der Waals surface area contributed by atoms with Crippen molar-refractivity contribution in [3.63, 3.8) is 0 Å². The molecule has 38 heavy (non-hydrogen) atoms. The summed E-state index contributed by atoms with van der Waals surface area (Å²) in [7, 11) is 0. The first-order chi connectivity index (χ1) is 20.1. The van der Waals surface area contributed by atoms with Crippen LogP contribution in [0.2, 0.25) is 0 Å². The van der Waals surface area contributed by atoms with E-state index in [-0.39, 0.29) is 11.8 Å². The lowest BCUT2D eigenvalue weighted by Crippen LogP contribution is -2.51. The predicted octanol–water partition coefficient (Wildman–Crippen LogP) is 5.70. The second-order valence-electron chi connectivity index (χ2n) is 10.1. The van der Waals surface area contributed by atoms with Gasteiger partial charge in [-0.05, 0) is 64.6 Å². The van der Waals surface area contributed by atoms with Crippen LogP contribution in [0.15, 0.2) is 91.1 Å². The lowest BCUT2D eigenvalue weighted by molar-refractivity contribution is -0.122. The van der Waals surface area contributed by atoms with Crippen LogP contribution in [-0.4, -0.2) is 22.8 Å². The predicted molar refractivity (Wildman–Crippen MR) is 150 cm³/mol. The van der Waals surface area contributed by atoms with E-state index < -0.39 is 18.9 Å². The molecule has 3 heterocycles. The minimum atomic E-state index is -1.93. The molecule has 5 nitrogen and oxygen atoms in total. The maximum Gasteiger partial charge on any atom is 0.259 e. The Kier molecular flexibility index (Phi) is 4.47. The zero-order valence-electron chi connectivity index (χ0n) is 24.8. The summed E-state index contributed by atoms with van der Waals surface area (Å²) in [4.78, 5) is 29.7. The number of allylic oxidation sites excluding steroid dienone is 1. The highest BCUT2D eigenvalue weighted by molar-refractivity contribution is 6.27. The molecular weight excluding hydrogens is 470 g/mol. The summed E-state index contributed by atoms with van der Waals surface area (Å²) in [5.74, 6) is -0.533. The third-order valence-corrected chi connectivity index (χ3v) is 7.65. The van der Waals surface area contributed by atoms with Crippen molar-refractivity contribution in [2.24, 2.45) is 0 Å². The van der Waals surface area contributed by atoms with E-state index in [1.54, 1.807) is 53.4 Å². The molecule has 5 heteroatoms. The number of hydrogen-bond donors (Lipinski definition) is 1. The van der Waals surface area contributed by atoms with Crippen molar-refractivity contribution in [3.05, 3.63) is 125 Å². The number of carbonyl (C=O) groups is 2. The van der Waals surface area contributed by atoms with E-state index in [4.69, 9.17) is 2.74 Å². The van der Waals surface area contributed by atoms with Gasteiger partial charge >= 0.3 is 0 Å². The molecule has 0 aliphatic carbocycles. The Labute approximate surface area is 228 Å². The smallest absolute Gasteiger partial charge is 0.259 e. The minimum absolute atomic E-state index is 0.266. The van der Waals surface area contributed by atoms with E-state index in [1.807, 2.05) is 30.3 Å². The van der Waals surface area contributed by atoms with Gasteiger partial charge in [0, 0.05) is 41.7 Å². The van der Waals surface area contributed by atoms with Crippen molar-refractivity contribution in [2.75, 3.05) is 4.90 Å². The molecule has 0 radical (unpaired) electrons. The maximum absolute atomic E-state index is 13.5. The van der Waals surface area contributed by atoms with E-state index in [2.05, 4.69) is 11.9 Å². The van der Waals surface area contributed by atoms with Gasteiger partial charge in [0.1, 0.15) is 6.04 Å². The molecule has 4 aromatic rings. The molecule has 3 aliphatic rings. The zero-order chi connectivity index (χ0) is 29.4. The molecule has 1 fully saturated rings. The number of nitrogens with zero attached hydrogens (tertiary/aromatic N) is 2. The highest BCUT2D eigenvalue weighted by Crippen LogP contribution is 2.41. The van der Waals surface area contributed by atoms with Crippen LogP contribution in [0.1, 0.15) is 56.5 Å². The number of nitrogens with one attached hydrogen (secondary N) is 1. The number of fused-ring (bicyclic) bond motifs is 1. The van der Waals surface area contributed by atoms with Crippen LogP contribution in [0.5, 0.6) is 0 Å². The Bertz CT molecular complexity index is 1780. The molecule has 0 bridgehead atoms. The van der Waals surface area contributed by atoms with Crippen LogP contribution in [0.25, 0.3) is 10.8 Å². The molecule has 1 saturated heterocycles. The SMILES string of the molecule is [2H]C([2H])(c1ccc(C([2H])([2H])N2Cc3ccccc3C2)cc1)c1ccc2c3c(cccc13)C(=O)N2C1CCC(=C)NC1=O. The van der Waals surface area contributed by atoms with Crippen LogP contribution < -0.4 is 10.2 Å². The second kappa shape index (κ2) is 8.96. The summed E-state index contributed by atoms with van der Waals surface area (Å²) < 4.78 is 36.1. The van der Waals surface area contributed by atoms with Gasteiger partial charge in [-0.1, -0.05) is 73.3 Å². The van der Waals surface area contributed by atoms with Gasteiger partial charge in [0.05, 0.1) is 5.69 Å². The Morgan fingerprint density at radius 3 is 2.37 bits per heavy atom. The fourth-order valence-electron chi connectivity index (χ4n) is 5.81. The first-order valence-electron chi connectivity index (χ1n) is 14.9. The molecule has 188 valence electrons.